The Labute approximate surface area is 255 Å². The van der Waals surface area contributed by atoms with Crippen molar-refractivity contribution in [3.63, 3.8) is 0 Å². The van der Waals surface area contributed by atoms with Gasteiger partial charge in [-0.15, -0.1) is 0 Å². The molecule has 0 fully saturated rings. The normalized spacial score (nSPS) is 12.8. The lowest BCUT2D eigenvalue weighted by atomic mass is 10.1. The van der Waals surface area contributed by atoms with Crippen LogP contribution in [0, 0.1) is 0 Å². The molecule has 0 saturated heterocycles. The van der Waals surface area contributed by atoms with E-state index in [1.165, 1.54) is 190 Å². The number of nitrogens with zero attached hydrogens (tertiary/aromatic N) is 4. The summed E-state index contributed by atoms with van der Waals surface area (Å²) in [6, 6.07) is 0. The average Bonchev–Trinajstić information content (AvgIpc) is 2.91. The molecule has 0 heterocycles. The molecule has 0 aliphatic carbocycles. The van der Waals surface area contributed by atoms with Gasteiger partial charge in [-0.25, -0.2) is 0 Å². The van der Waals surface area contributed by atoms with E-state index in [1.54, 1.807) is 0 Å². The van der Waals surface area contributed by atoms with E-state index in [0.717, 1.165) is 0 Å². The first kappa shape index (κ1) is 39.8. The monoisotopic (exact) mass is 569 g/mol. The molecule has 0 N–H and O–H groups in total. The van der Waals surface area contributed by atoms with Crippen LogP contribution in [0.15, 0.2) is 0 Å². The molecular formula is C36H80N4+2. The van der Waals surface area contributed by atoms with E-state index in [1.807, 2.05) is 0 Å². The zero-order valence-corrected chi connectivity index (χ0v) is 29.6. The van der Waals surface area contributed by atoms with Crippen molar-refractivity contribution in [2.45, 2.75) is 142 Å². The van der Waals surface area contributed by atoms with Crippen LogP contribution in [0.2, 0.25) is 0 Å². The highest BCUT2D eigenvalue weighted by atomic mass is 15.3. The Morgan fingerprint density at radius 1 is 0.325 bits per heavy atom. The number of likely N-dealkylation sites (N-methyl/N-ethyl adjacent to an activating group) is 4. The fourth-order valence-corrected chi connectivity index (χ4v) is 5.73. The highest BCUT2D eigenvalue weighted by Gasteiger charge is 2.17. The lowest BCUT2D eigenvalue weighted by Gasteiger charge is -2.33. The average molecular weight is 569 g/mol. The lowest BCUT2D eigenvalue weighted by molar-refractivity contribution is -0.890. The summed E-state index contributed by atoms with van der Waals surface area (Å²) in [6.07, 6.45) is 28.6. The van der Waals surface area contributed by atoms with Gasteiger partial charge in [-0.3, -0.25) is 9.80 Å². The number of hydrogen-bond donors (Lipinski definition) is 0. The number of unbranched alkanes of at least 4 members (excludes halogenated alkanes) is 18. The van der Waals surface area contributed by atoms with Crippen LogP contribution in [0.25, 0.3) is 0 Å². The third kappa shape index (κ3) is 28.0. The van der Waals surface area contributed by atoms with Crippen molar-refractivity contribution < 1.29 is 8.97 Å². The number of hydrogen-bond acceptors (Lipinski definition) is 2. The first-order valence-electron chi connectivity index (χ1n) is 18.1. The molecule has 4 nitrogen and oxygen atoms in total. The molecule has 0 atom stereocenters. The van der Waals surface area contributed by atoms with Crippen molar-refractivity contribution >= 4 is 0 Å². The molecule has 0 rings (SSSR count). The van der Waals surface area contributed by atoms with Gasteiger partial charge in [0.25, 0.3) is 0 Å². The fourth-order valence-electron chi connectivity index (χ4n) is 5.73. The molecule has 242 valence electrons. The zero-order valence-electron chi connectivity index (χ0n) is 29.6. The molecule has 4 heteroatoms. The van der Waals surface area contributed by atoms with Crippen LogP contribution in [-0.2, 0) is 0 Å². The lowest BCUT2D eigenvalue weighted by Crippen LogP contribution is -2.47. The minimum atomic E-state index is 1.17. The fraction of sp³-hybridized carbons (Fsp3) is 1.00. The Balaban J connectivity index is 3.77. The highest BCUT2D eigenvalue weighted by molar-refractivity contribution is 4.58. The summed E-state index contributed by atoms with van der Waals surface area (Å²) in [7, 11) is 14.4. The van der Waals surface area contributed by atoms with E-state index >= 15 is 0 Å². The summed E-state index contributed by atoms with van der Waals surface area (Å²) in [6.45, 7) is 14.6. The molecule has 40 heavy (non-hydrogen) atoms. The minimum Gasteiger partial charge on any atom is -0.327 e. The molecule has 0 bridgehead atoms. The predicted octanol–water partition coefficient (Wildman–Crippen LogP) is 8.84. The van der Waals surface area contributed by atoms with Crippen molar-refractivity contribution in [2.75, 3.05) is 94.6 Å². The predicted molar refractivity (Wildman–Crippen MR) is 182 cm³/mol. The number of rotatable bonds is 31. The van der Waals surface area contributed by atoms with Crippen molar-refractivity contribution in [1.82, 2.24) is 9.80 Å². The quantitative estimate of drug-likeness (QED) is 0.0609. The van der Waals surface area contributed by atoms with Crippen molar-refractivity contribution in [1.29, 1.82) is 0 Å². The van der Waals surface area contributed by atoms with E-state index in [0.29, 0.717) is 0 Å². The van der Waals surface area contributed by atoms with Gasteiger partial charge in [0.05, 0.1) is 54.4 Å². The molecule has 0 spiro atoms. The van der Waals surface area contributed by atoms with Crippen LogP contribution >= 0.6 is 0 Å². The summed E-state index contributed by atoms with van der Waals surface area (Å²) >= 11 is 0. The number of quaternary nitrogens is 2. The van der Waals surface area contributed by atoms with Gasteiger partial charge in [0.15, 0.2) is 0 Å². The SMILES string of the molecule is CCCCCCCCCCCC[N+](C)(C)CCN(C)CCN(C)CC[N+](C)(C)CCCCCCCCCCCC. The second kappa shape index (κ2) is 26.5. The smallest absolute Gasteiger partial charge is 0.0911 e. The minimum absolute atomic E-state index is 1.17. The molecule has 0 aromatic heterocycles. The summed E-state index contributed by atoms with van der Waals surface area (Å²) in [5.41, 5.74) is 0. The molecule has 0 aromatic carbocycles. The standard InChI is InChI=1S/C36H80N4/c1-9-11-13-15-17-19-21-23-25-27-33-39(5,6)35-31-37(3)29-30-38(4)32-36-40(7,8)34-28-26-24-22-20-18-16-14-12-10-2/h9-36H2,1-8H3/q+2. The van der Waals surface area contributed by atoms with E-state index in [2.05, 4.69) is 65.9 Å². The maximum Gasteiger partial charge on any atom is 0.0911 e. The van der Waals surface area contributed by atoms with Crippen molar-refractivity contribution in [2.24, 2.45) is 0 Å². The second-order valence-electron chi connectivity index (χ2n) is 14.7. The van der Waals surface area contributed by atoms with Crippen molar-refractivity contribution in [3.8, 4) is 0 Å². The summed E-state index contributed by atoms with van der Waals surface area (Å²) in [4.78, 5) is 5.11. The molecule has 0 unspecified atom stereocenters. The zero-order chi connectivity index (χ0) is 30.0. The Morgan fingerprint density at radius 2 is 0.575 bits per heavy atom. The molecule has 0 aromatic rings. The van der Waals surface area contributed by atoms with E-state index < -0.39 is 0 Å². The Hall–Kier alpha value is -0.160. The maximum absolute atomic E-state index is 2.55. The first-order chi connectivity index (χ1) is 19.1. The van der Waals surface area contributed by atoms with Crippen LogP contribution in [0.4, 0.5) is 0 Å². The van der Waals surface area contributed by atoms with Gasteiger partial charge < -0.3 is 8.97 Å². The topological polar surface area (TPSA) is 6.48 Å². The van der Waals surface area contributed by atoms with E-state index in [-0.39, 0.29) is 0 Å². The molecule has 0 aliphatic rings. The summed E-state index contributed by atoms with van der Waals surface area (Å²) in [5, 5.41) is 0. The van der Waals surface area contributed by atoms with Gasteiger partial charge >= 0.3 is 0 Å². The molecule has 0 radical (unpaired) electrons. The van der Waals surface area contributed by atoms with Gasteiger partial charge in [0.2, 0.25) is 0 Å². The summed E-state index contributed by atoms with van der Waals surface area (Å²) in [5.74, 6) is 0. The first-order valence-corrected chi connectivity index (χ1v) is 18.1. The maximum atomic E-state index is 2.55. The van der Waals surface area contributed by atoms with Crippen LogP contribution in [0.1, 0.15) is 142 Å². The largest absolute Gasteiger partial charge is 0.327 e. The second-order valence-corrected chi connectivity index (χ2v) is 14.7. The van der Waals surface area contributed by atoms with Crippen LogP contribution in [0.5, 0.6) is 0 Å². The van der Waals surface area contributed by atoms with Gasteiger partial charge in [0.1, 0.15) is 0 Å². The van der Waals surface area contributed by atoms with Gasteiger partial charge in [-0.2, -0.15) is 0 Å². The summed E-state index contributed by atoms with van der Waals surface area (Å²) < 4.78 is 2.34. The van der Waals surface area contributed by atoms with Gasteiger partial charge in [-0.05, 0) is 39.8 Å². The Kier molecular flexibility index (Phi) is 26.4. The van der Waals surface area contributed by atoms with Crippen LogP contribution in [-0.4, -0.2) is 113 Å². The third-order valence-corrected chi connectivity index (χ3v) is 9.27. The van der Waals surface area contributed by atoms with E-state index in [4.69, 9.17) is 0 Å². The molecular weight excluding hydrogens is 488 g/mol. The molecule has 0 saturated carbocycles. The Morgan fingerprint density at radius 3 is 0.850 bits per heavy atom. The third-order valence-electron chi connectivity index (χ3n) is 9.27. The molecule has 0 amide bonds. The Bertz CT molecular complexity index is 473. The molecule has 0 aliphatic heterocycles. The van der Waals surface area contributed by atoms with E-state index in [9.17, 15) is 0 Å². The van der Waals surface area contributed by atoms with Gasteiger partial charge in [-0.1, -0.05) is 117 Å². The van der Waals surface area contributed by atoms with Gasteiger partial charge in [0, 0.05) is 26.2 Å². The van der Waals surface area contributed by atoms with Crippen LogP contribution < -0.4 is 0 Å². The van der Waals surface area contributed by atoms with Crippen LogP contribution in [0.3, 0.4) is 0 Å². The van der Waals surface area contributed by atoms with Crippen molar-refractivity contribution in [3.05, 3.63) is 0 Å². The highest BCUT2D eigenvalue weighted by Crippen LogP contribution is 2.13.